The number of nitrogens with one attached hydrogen (secondary N) is 2. The average molecular weight is 475 g/mol. The minimum Gasteiger partial charge on any atom is -0.349 e. The van der Waals surface area contributed by atoms with Crippen LogP contribution in [0, 0.1) is 0 Å². The van der Waals surface area contributed by atoms with E-state index in [9.17, 15) is 22.8 Å². The largest absolute Gasteiger partial charge is 0.406 e. The third-order valence-corrected chi connectivity index (χ3v) is 5.91. The van der Waals surface area contributed by atoms with Crippen LogP contribution in [-0.2, 0) is 11.3 Å². The summed E-state index contributed by atoms with van der Waals surface area (Å²) < 4.78 is 40.7. The van der Waals surface area contributed by atoms with Crippen LogP contribution in [0.15, 0.2) is 66.0 Å². The number of imidazole rings is 1. The molecule has 0 spiro atoms. The van der Waals surface area contributed by atoms with E-state index in [1.165, 1.54) is 6.20 Å². The number of alkyl halides is 3. The van der Waals surface area contributed by atoms with Gasteiger partial charge in [-0.1, -0.05) is 54.2 Å². The molecule has 10 heteroatoms. The lowest BCUT2D eigenvalue weighted by Gasteiger charge is -2.14. The summed E-state index contributed by atoms with van der Waals surface area (Å²) in [5.74, 6) is -0.884. The van der Waals surface area contributed by atoms with E-state index in [2.05, 4.69) is 15.6 Å². The minimum atomic E-state index is -4.45. The Morgan fingerprint density at radius 2 is 1.76 bits per heavy atom. The predicted molar refractivity (Wildman–Crippen MR) is 120 cm³/mol. The smallest absolute Gasteiger partial charge is 0.349 e. The van der Waals surface area contributed by atoms with Gasteiger partial charge in [-0.05, 0) is 30.5 Å². The van der Waals surface area contributed by atoms with Crippen LogP contribution in [0.2, 0.25) is 0 Å². The molecule has 2 N–H and O–H groups in total. The number of nitrogens with zero attached hydrogens (tertiary/aromatic N) is 2. The summed E-state index contributed by atoms with van der Waals surface area (Å²) in [6, 6.07) is 15.4. The van der Waals surface area contributed by atoms with Crippen molar-refractivity contribution in [2.24, 2.45) is 0 Å². The first-order chi connectivity index (χ1) is 15.8. The number of rotatable bonds is 8. The van der Waals surface area contributed by atoms with Gasteiger partial charge in [0, 0.05) is 6.04 Å². The van der Waals surface area contributed by atoms with Gasteiger partial charge in [-0.15, -0.1) is 0 Å². The molecule has 0 bridgehead atoms. The lowest BCUT2D eigenvalue weighted by atomic mass is 10.1. The molecule has 4 rings (SSSR count). The fourth-order valence-electron chi connectivity index (χ4n) is 3.24. The highest BCUT2D eigenvalue weighted by molar-refractivity contribution is 7.99. The Morgan fingerprint density at radius 1 is 1.06 bits per heavy atom. The van der Waals surface area contributed by atoms with Crippen molar-refractivity contribution in [1.29, 1.82) is 0 Å². The number of hydrogen-bond acceptors (Lipinski definition) is 4. The van der Waals surface area contributed by atoms with E-state index in [0.717, 1.165) is 29.2 Å². The molecule has 0 atom stereocenters. The number of halogens is 3. The van der Waals surface area contributed by atoms with Crippen molar-refractivity contribution < 1.29 is 22.8 Å². The SMILES string of the molecule is O=C(CSc1ncc(-c2ccccc2)n1CC(F)(F)F)Nc1ccccc1C(=O)NC1CC1. The van der Waals surface area contributed by atoms with E-state index in [1.54, 1.807) is 54.6 Å². The van der Waals surface area contributed by atoms with E-state index >= 15 is 0 Å². The first kappa shape index (κ1) is 22.9. The van der Waals surface area contributed by atoms with E-state index in [-0.39, 0.29) is 22.9 Å². The molecule has 1 fully saturated rings. The monoisotopic (exact) mass is 474 g/mol. The van der Waals surface area contributed by atoms with Gasteiger partial charge in [0.05, 0.1) is 28.9 Å². The van der Waals surface area contributed by atoms with Crippen LogP contribution in [0.25, 0.3) is 11.3 Å². The predicted octanol–water partition coefficient (Wildman–Crippen LogP) is 4.74. The Labute approximate surface area is 192 Å². The molecule has 1 aliphatic carbocycles. The van der Waals surface area contributed by atoms with Gasteiger partial charge in [0.25, 0.3) is 5.91 Å². The van der Waals surface area contributed by atoms with Crippen molar-refractivity contribution in [2.75, 3.05) is 11.1 Å². The number of aromatic nitrogens is 2. The number of thioether (sulfide) groups is 1. The summed E-state index contributed by atoms with van der Waals surface area (Å²) in [6.45, 7) is -1.22. The molecule has 33 heavy (non-hydrogen) atoms. The van der Waals surface area contributed by atoms with Gasteiger partial charge in [-0.25, -0.2) is 4.98 Å². The lowest BCUT2D eigenvalue weighted by Crippen LogP contribution is -2.27. The molecule has 0 radical (unpaired) electrons. The Hall–Kier alpha value is -3.27. The molecular weight excluding hydrogens is 453 g/mol. The molecule has 2 aromatic carbocycles. The Kier molecular flexibility index (Phi) is 6.73. The van der Waals surface area contributed by atoms with Gasteiger partial charge >= 0.3 is 6.18 Å². The number of carbonyl (C=O) groups is 2. The molecule has 1 aliphatic rings. The van der Waals surface area contributed by atoms with Crippen LogP contribution in [-0.4, -0.2) is 39.3 Å². The number of carbonyl (C=O) groups excluding carboxylic acids is 2. The fraction of sp³-hybridized carbons (Fsp3) is 0.261. The first-order valence-electron chi connectivity index (χ1n) is 10.3. The second-order valence-corrected chi connectivity index (χ2v) is 8.57. The minimum absolute atomic E-state index is 0.0843. The molecule has 0 aliphatic heterocycles. The highest BCUT2D eigenvalue weighted by Gasteiger charge is 2.31. The first-order valence-corrected chi connectivity index (χ1v) is 11.3. The van der Waals surface area contributed by atoms with Gasteiger partial charge in [-0.2, -0.15) is 13.2 Å². The molecule has 2 amide bonds. The second-order valence-electron chi connectivity index (χ2n) is 7.62. The summed E-state index contributed by atoms with van der Waals surface area (Å²) in [5, 5.41) is 5.64. The van der Waals surface area contributed by atoms with Crippen molar-refractivity contribution in [3.05, 3.63) is 66.4 Å². The quantitative estimate of drug-likeness (QED) is 0.463. The second kappa shape index (κ2) is 9.70. The van der Waals surface area contributed by atoms with Crippen LogP contribution in [0.1, 0.15) is 23.2 Å². The van der Waals surface area contributed by atoms with Crippen molar-refractivity contribution in [3.63, 3.8) is 0 Å². The van der Waals surface area contributed by atoms with E-state index in [1.807, 2.05) is 0 Å². The number of benzene rings is 2. The summed E-state index contributed by atoms with van der Waals surface area (Å²) in [7, 11) is 0. The number of hydrogen-bond donors (Lipinski definition) is 2. The van der Waals surface area contributed by atoms with Crippen molar-refractivity contribution in [2.45, 2.75) is 36.8 Å². The zero-order chi connectivity index (χ0) is 23.4. The zero-order valence-electron chi connectivity index (χ0n) is 17.4. The van der Waals surface area contributed by atoms with Crippen molar-refractivity contribution in [1.82, 2.24) is 14.9 Å². The number of para-hydroxylation sites is 1. The van der Waals surface area contributed by atoms with Gasteiger partial charge < -0.3 is 15.2 Å². The van der Waals surface area contributed by atoms with E-state index in [4.69, 9.17) is 0 Å². The van der Waals surface area contributed by atoms with Crippen LogP contribution in [0.5, 0.6) is 0 Å². The lowest BCUT2D eigenvalue weighted by molar-refractivity contribution is -0.141. The molecular formula is C23H21F3N4O2S. The maximum absolute atomic E-state index is 13.2. The van der Waals surface area contributed by atoms with Gasteiger partial charge in [0.2, 0.25) is 5.91 Å². The molecule has 172 valence electrons. The van der Waals surface area contributed by atoms with Crippen LogP contribution in [0.4, 0.5) is 18.9 Å². The highest BCUT2D eigenvalue weighted by atomic mass is 32.2. The maximum Gasteiger partial charge on any atom is 0.406 e. The number of amides is 2. The molecule has 1 saturated carbocycles. The summed E-state index contributed by atoms with van der Waals surface area (Å²) in [5.41, 5.74) is 1.61. The third-order valence-electron chi connectivity index (χ3n) is 4.92. The van der Waals surface area contributed by atoms with Crippen LogP contribution < -0.4 is 10.6 Å². The van der Waals surface area contributed by atoms with E-state index in [0.29, 0.717) is 22.5 Å². The Bertz CT molecular complexity index is 1140. The Morgan fingerprint density at radius 3 is 2.45 bits per heavy atom. The van der Waals surface area contributed by atoms with Crippen molar-refractivity contribution in [3.8, 4) is 11.3 Å². The zero-order valence-corrected chi connectivity index (χ0v) is 18.2. The topological polar surface area (TPSA) is 76.0 Å². The molecule has 6 nitrogen and oxygen atoms in total. The molecule has 3 aromatic rings. The average Bonchev–Trinajstić information content (AvgIpc) is 3.51. The highest BCUT2D eigenvalue weighted by Crippen LogP contribution is 2.30. The summed E-state index contributed by atoms with van der Waals surface area (Å²) >= 11 is 0.905. The standard InChI is InChI=1S/C23H21F3N4O2S/c24-23(25,26)14-30-19(15-6-2-1-3-7-15)12-27-22(30)33-13-20(31)29-18-9-5-4-8-17(18)21(32)28-16-10-11-16/h1-9,12,16H,10-11,13-14H2,(H,28,32)(H,29,31). The summed E-state index contributed by atoms with van der Waals surface area (Å²) in [6.07, 6.45) is -1.20. The van der Waals surface area contributed by atoms with Crippen LogP contribution in [0.3, 0.4) is 0 Å². The normalized spacial score (nSPS) is 13.5. The van der Waals surface area contributed by atoms with Crippen LogP contribution >= 0.6 is 11.8 Å². The summed E-state index contributed by atoms with van der Waals surface area (Å²) in [4.78, 5) is 29.1. The number of anilines is 1. The molecule has 0 unspecified atom stereocenters. The molecule has 0 saturated heterocycles. The van der Waals surface area contributed by atoms with Gasteiger partial charge in [0.15, 0.2) is 5.16 Å². The fourth-order valence-corrected chi connectivity index (χ4v) is 4.02. The Balaban J connectivity index is 1.47. The van der Waals surface area contributed by atoms with Gasteiger partial charge in [-0.3, -0.25) is 9.59 Å². The van der Waals surface area contributed by atoms with Crippen molar-refractivity contribution >= 4 is 29.3 Å². The van der Waals surface area contributed by atoms with Gasteiger partial charge in [0.1, 0.15) is 6.54 Å². The molecule has 1 heterocycles. The maximum atomic E-state index is 13.2. The third kappa shape index (κ3) is 6.16. The van der Waals surface area contributed by atoms with E-state index < -0.39 is 18.6 Å². The molecule has 1 aromatic heterocycles.